The van der Waals surface area contributed by atoms with Gasteiger partial charge in [0.1, 0.15) is 12.7 Å². The predicted octanol–water partition coefficient (Wildman–Crippen LogP) is 0.552. The van der Waals surface area contributed by atoms with Gasteiger partial charge in [0.15, 0.2) is 0 Å². The lowest BCUT2D eigenvalue weighted by molar-refractivity contribution is -0.121. The molecule has 0 aliphatic rings. The van der Waals surface area contributed by atoms with E-state index in [4.69, 9.17) is 0 Å². The van der Waals surface area contributed by atoms with E-state index in [2.05, 4.69) is 20.7 Å². The van der Waals surface area contributed by atoms with Crippen molar-refractivity contribution in [3.63, 3.8) is 0 Å². The van der Waals surface area contributed by atoms with E-state index < -0.39 is 0 Å². The van der Waals surface area contributed by atoms with Crippen LogP contribution >= 0.6 is 0 Å². The SMILES string of the molecule is CNCCC(=O)NCc1ccc(Cn2cncn2)cc1. The van der Waals surface area contributed by atoms with Gasteiger partial charge in [-0.15, -0.1) is 0 Å². The monoisotopic (exact) mass is 273 g/mol. The molecule has 0 saturated carbocycles. The van der Waals surface area contributed by atoms with E-state index in [0.717, 1.165) is 11.1 Å². The number of nitrogens with zero attached hydrogens (tertiary/aromatic N) is 3. The highest BCUT2D eigenvalue weighted by atomic mass is 16.1. The van der Waals surface area contributed by atoms with Gasteiger partial charge in [0.2, 0.25) is 5.91 Å². The van der Waals surface area contributed by atoms with Gasteiger partial charge in [-0.25, -0.2) is 9.67 Å². The van der Waals surface area contributed by atoms with Gasteiger partial charge in [-0.3, -0.25) is 4.79 Å². The zero-order valence-corrected chi connectivity index (χ0v) is 11.5. The molecule has 20 heavy (non-hydrogen) atoms. The number of hydrogen-bond acceptors (Lipinski definition) is 4. The van der Waals surface area contributed by atoms with Crippen LogP contribution in [0.15, 0.2) is 36.9 Å². The summed E-state index contributed by atoms with van der Waals surface area (Å²) in [4.78, 5) is 15.4. The number of nitrogens with one attached hydrogen (secondary N) is 2. The minimum Gasteiger partial charge on any atom is -0.352 e. The number of rotatable bonds is 7. The summed E-state index contributed by atoms with van der Waals surface area (Å²) in [6, 6.07) is 8.11. The second kappa shape index (κ2) is 7.40. The minimum absolute atomic E-state index is 0.0612. The summed E-state index contributed by atoms with van der Waals surface area (Å²) in [6.45, 7) is 1.96. The third-order valence-corrected chi connectivity index (χ3v) is 2.93. The second-order valence-corrected chi connectivity index (χ2v) is 4.54. The van der Waals surface area contributed by atoms with Gasteiger partial charge in [0.25, 0.3) is 0 Å². The summed E-state index contributed by atoms with van der Waals surface area (Å²) in [7, 11) is 1.83. The maximum absolute atomic E-state index is 11.5. The molecule has 0 radical (unpaired) electrons. The van der Waals surface area contributed by atoms with Crippen molar-refractivity contribution in [1.29, 1.82) is 0 Å². The van der Waals surface area contributed by atoms with Gasteiger partial charge in [0, 0.05) is 19.5 Å². The fourth-order valence-corrected chi connectivity index (χ4v) is 1.79. The van der Waals surface area contributed by atoms with Crippen LogP contribution in [0.2, 0.25) is 0 Å². The molecular formula is C14H19N5O. The highest BCUT2D eigenvalue weighted by Crippen LogP contribution is 2.05. The quantitative estimate of drug-likeness (QED) is 0.773. The Morgan fingerprint density at radius 3 is 2.65 bits per heavy atom. The van der Waals surface area contributed by atoms with E-state index in [9.17, 15) is 4.79 Å². The number of aromatic nitrogens is 3. The summed E-state index contributed by atoms with van der Waals surface area (Å²) in [6.07, 6.45) is 3.71. The number of hydrogen-bond donors (Lipinski definition) is 2. The zero-order valence-electron chi connectivity index (χ0n) is 11.5. The van der Waals surface area contributed by atoms with E-state index in [1.54, 1.807) is 11.0 Å². The topological polar surface area (TPSA) is 71.8 Å². The molecule has 1 aromatic carbocycles. The van der Waals surface area contributed by atoms with Crippen LogP contribution in [0.1, 0.15) is 17.5 Å². The van der Waals surface area contributed by atoms with E-state index in [-0.39, 0.29) is 5.91 Å². The first-order valence-corrected chi connectivity index (χ1v) is 6.59. The first-order valence-electron chi connectivity index (χ1n) is 6.59. The van der Waals surface area contributed by atoms with Gasteiger partial charge >= 0.3 is 0 Å². The third-order valence-electron chi connectivity index (χ3n) is 2.93. The lowest BCUT2D eigenvalue weighted by Gasteiger charge is -2.06. The molecule has 0 aliphatic heterocycles. The summed E-state index contributed by atoms with van der Waals surface area (Å²) in [5.74, 6) is 0.0612. The van der Waals surface area contributed by atoms with E-state index in [1.165, 1.54) is 6.33 Å². The van der Waals surface area contributed by atoms with Crippen LogP contribution in [-0.4, -0.2) is 34.3 Å². The van der Waals surface area contributed by atoms with Crippen molar-refractivity contribution in [2.75, 3.05) is 13.6 Å². The van der Waals surface area contributed by atoms with Gasteiger partial charge in [-0.2, -0.15) is 5.10 Å². The van der Waals surface area contributed by atoms with Crippen LogP contribution in [0.5, 0.6) is 0 Å². The Bertz CT molecular complexity index is 521. The molecule has 0 saturated heterocycles. The summed E-state index contributed by atoms with van der Waals surface area (Å²) in [5.41, 5.74) is 2.24. The van der Waals surface area contributed by atoms with Crippen molar-refractivity contribution >= 4 is 5.91 Å². The van der Waals surface area contributed by atoms with Crippen LogP contribution in [0.4, 0.5) is 0 Å². The van der Waals surface area contributed by atoms with E-state index in [0.29, 0.717) is 26.1 Å². The van der Waals surface area contributed by atoms with Crippen LogP contribution in [0.25, 0.3) is 0 Å². The molecule has 0 unspecified atom stereocenters. The second-order valence-electron chi connectivity index (χ2n) is 4.54. The minimum atomic E-state index is 0.0612. The number of amides is 1. The zero-order chi connectivity index (χ0) is 14.2. The average Bonchev–Trinajstić information content (AvgIpc) is 2.97. The summed E-state index contributed by atoms with van der Waals surface area (Å²) < 4.78 is 1.77. The molecule has 0 atom stereocenters. The normalized spacial score (nSPS) is 10.4. The lowest BCUT2D eigenvalue weighted by atomic mass is 10.1. The third kappa shape index (κ3) is 4.47. The maximum atomic E-state index is 11.5. The van der Waals surface area contributed by atoms with Crippen molar-refractivity contribution in [1.82, 2.24) is 25.4 Å². The van der Waals surface area contributed by atoms with Crippen LogP contribution < -0.4 is 10.6 Å². The molecule has 1 amide bonds. The average molecular weight is 273 g/mol. The first kappa shape index (κ1) is 14.2. The van der Waals surface area contributed by atoms with Crippen molar-refractivity contribution in [2.24, 2.45) is 0 Å². The number of carbonyl (C=O) groups excluding carboxylic acids is 1. The predicted molar refractivity (Wildman–Crippen MR) is 76.0 cm³/mol. The Balaban J connectivity index is 1.81. The molecule has 2 rings (SSSR count). The van der Waals surface area contributed by atoms with Crippen LogP contribution in [0, 0.1) is 0 Å². The summed E-state index contributed by atoms with van der Waals surface area (Å²) >= 11 is 0. The molecule has 2 N–H and O–H groups in total. The fourth-order valence-electron chi connectivity index (χ4n) is 1.79. The Morgan fingerprint density at radius 2 is 2.00 bits per heavy atom. The molecule has 0 fully saturated rings. The molecule has 0 aliphatic carbocycles. The molecule has 1 aromatic heterocycles. The van der Waals surface area contributed by atoms with Crippen LogP contribution in [0.3, 0.4) is 0 Å². The fraction of sp³-hybridized carbons (Fsp3) is 0.357. The van der Waals surface area contributed by atoms with Crippen molar-refractivity contribution in [3.8, 4) is 0 Å². The molecule has 0 bridgehead atoms. The highest BCUT2D eigenvalue weighted by Gasteiger charge is 2.01. The van der Waals surface area contributed by atoms with Crippen molar-refractivity contribution < 1.29 is 4.79 Å². The molecule has 2 aromatic rings. The summed E-state index contributed by atoms with van der Waals surface area (Å²) in [5, 5.41) is 9.91. The van der Waals surface area contributed by atoms with Crippen molar-refractivity contribution in [3.05, 3.63) is 48.0 Å². The van der Waals surface area contributed by atoms with Crippen LogP contribution in [-0.2, 0) is 17.9 Å². The molecule has 0 spiro atoms. The van der Waals surface area contributed by atoms with Gasteiger partial charge in [-0.1, -0.05) is 24.3 Å². The maximum Gasteiger partial charge on any atom is 0.221 e. The number of benzene rings is 1. The molecule has 6 nitrogen and oxygen atoms in total. The Labute approximate surface area is 118 Å². The van der Waals surface area contributed by atoms with Gasteiger partial charge in [-0.05, 0) is 18.2 Å². The lowest BCUT2D eigenvalue weighted by Crippen LogP contribution is -2.26. The van der Waals surface area contributed by atoms with E-state index >= 15 is 0 Å². The molecule has 106 valence electrons. The van der Waals surface area contributed by atoms with Gasteiger partial charge < -0.3 is 10.6 Å². The highest BCUT2D eigenvalue weighted by molar-refractivity contribution is 5.76. The number of carbonyl (C=O) groups is 1. The van der Waals surface area contributed by atoms with Gasteiger partial charge in [0.05, 0.1) is 6.54 Å². The van der Waals surface area contributed by atoms with Crippen molar-refractivity contribution in [2.45, 2.75) is 19.5 Å². The molecular weight excluding hydrogens is 254 g/mol. The smallest absolute Gasteiger partial charge is 0.221 e. The molecule has 6 heteroatoms. The molecule has 1 heterocycles. The Morgan fingerprint density at radius 1 is 1.25 bits per heavy atom. The Hall–Kier alpha value is -2.21. The first-order chi connectivity index (χ1) is 9.78. The van der Waals surface area contributed by atoms with E-state index in [1.807, 2.05) is 31.3 Å². The Kier molecular flexibility index (Phi) is 5.25. The standard InChI is InChI=1S/C14H19N5O/c1-15-7-6-14(20)17-8-12-2-4-13(5-3-12)9-19-11-16-10-18-19/h2-5,10-11,15H,6-9H2,1H3,(H,17,20). The largest absolute Gasteiger partial charge is 0.352 e.